The van der Waals surface area contributed by atoms with Crippen LogP contribution in [0.25, 0.3) is 0 Å². The van der Waals surface area contributed by atoms with E-state index in [1.54, 1.807) is 0 Å². The molecular weight excluding hydrogens is 92.1 g/mol. The third-order valence-electron chi connectivity index (χ3n) is 0.869. The molecule has 1 atom stereocenters. The van der Waals surface area contributed by atoms with Crippen LogP contribution in [0.1, 0.15) is 20.3 Å². The Labute approximate surface area is 43.8 Å². The molecular formula is C5H11O2. The van der Waals surface area contributed by atoms with E-state index in [1.807, 2.05) is 6.92 Å². The van der Waals surface area contributed by atoms with Gasteiger partial charge >= 0.3 is 0 Å². The molecule has 0 fully saturated rings. The van der Waals surface area contributed by atoms with Crippen LogP contribution in [0.15, 0.2) is 0 Å². The summed E-state index contributed by atoms with van der Waals surface area (Å²) < 4.78 is 0. The summed E-state index contributed by atoms with van der Waals surface area (Å²) in [7, 11) is 0. The third kappa shape index (κ3) is 2.60. The zero-order valence-electron chi connectivity index (χ0n) is 4.68. The Morgan fingerprint density at radius 3 is 2.14 bits per heavy atom. The van der Waals surface area contributed by atoms with Crippen LogP contribution in [0.4, 0.5) is 0 Å². The van der Waals surface area contributed by atoms with Crippen LogP contribution >= 0.6 is 0 Å². The average molecular weight is 103 g/mol. The maximum Gasteiger partial charge on any atom is 0.118 e. The molecule has 0 rings (SSSR count). The van der Waals surface area contributed by atoms with Crippen molar-refractivity contribution in [1.82, 2.24) is 0 Å². The molecule has 0 aromatic heterocycles. The molecule has 0 aliphatic carbocycles. The van der Waals surface area contributed by atoms with E-state index in [9.17, 15) is 0 Å². The van der Waals surface area contributed by atoms with Gasteiger partial charge in [-0.15, -0.1) is 0 Å². The molecule has 1 radical (unpaired) electrons. The Kier molecular flexibility index (Phi) is 2.96. The van der Waals surface area contributed by atoms with E-state index in [2.05, 4.69) is 0 Å². The minimum Gasteiger partial charge on any atom is -0.390 e. The van der Waals surface area contributed by atoms with Gasteiger partial charge in [-0.1, -0.05) is 6.92 Å². The van der Waals surface area contributed by atoms with Gasteiger partial charge < -0.3 is 10.2 Å². The van der Waals surface area contributed by atoms with Gasteiger partial charge in [0.05, 0.1) is 6.10 Å². The molecule has 2 N–H and O–H groups in total. The first-order valence-electron chi connectivity index (χ1n) is 2.39. The molecule has 0 saturated heterocycles. The Hall–Kier alpha value is -0.0800. The number of aliphatic hydroxyl groups is 2. The van der Waals surface area contributed by atoms with E-state index >= 15 is 0 Å². The fraction of sp³-hybridized carbons (Fsp3) is 0.800. The summed E-state index contributed by atoms with van der Waals surface area (Å²) in [5, 5.41) is 17.1. The van der Waals surface area contributed by atoms with Crippen molar-refractivity contribution in [1.29, 1.82) is 0 Å². The second kappa shape index (κ2) is 2.99. The van der Waals surface area contributed by atoms with Gasteiger partial charge in [-0.25, -0.2) is 0 Å². The van der Waals surface area contributed by atoms with Crippen molar-refractivity contribution in [3.8, 4) is 0 Å². The van der Waals surface area contributed by atoms with Crippen LogP contribution in [-0.2, 0) is 0 Å². The Morgan fingerprint density at radius 1 is 1.71 bits per heavy atom. The first-order chi connectivity index (χ1) is 3.18. The largest absolute Gasteiger partial charge is 0.390 e. The molecule has 0 saturated carbocycles. The highest BCUT2D eigenvalue weighted by atomic mass is 16.3. The van der Waals surface area contributed by atoms with Crippen molar-refractivity contribution in [2.45, 2.75) is 26.4 Å². The molecule has 0 aliphatic heterocycles. The first kappa shape index (κ1) is 6.92. The summed E-state index contributed by atoms with van der Waals surface area (Å²) in [6.45, 7) is 3.30. The standard InChI is InChI=1S/C5H11O2/c1-3-5(7)4(2)6/h5-7H,3H2,1-2H3. The van der Waals surface area contributed by atoms with Gasteiger partial charge in [0, 0.05) is 0 Å². The van der Waals surface area contributed by atoms with Crippen LogP contribution in [0, 0.1) is 6.10 Å². The van der Waals surface area contributed by atoms with Crippen molar-refractivity contribution in [3.05, 3.63) is 6.10 Å². The second-order valence-corrected chi connectivity index (χ2v) is 1.57. The maximum absolute atomic E-state index is 8.65. The monoisotopic (exact) mass is 103 g/mol. The van der Waals surface area contributed by atoms with Crippen molar-refractivity contribution in [3.63, 3.8) is 0 Å². The van der Waals surface area contributed by atoms with Crippen molar-refractivity contribution in [2.75, 3.05) is 0 Å². The summed E-state index contributed by atoms with van der Waals surface area (Å²) in [4.78, 5) is 0. The molecule has 43 valence electrons. The highest BCUT2D eigenvalue weighted by Gasteiger charge is 2.06. The van der Waals surface area contributed by atoms with E-state index in [0.717, 1.165) is 0 Å². The minimum atomic E-state index is -0.625. The van der Waals surface area contributed by atoms with Crippen LogP contribution < -0.4 is 0 Å². The van der Waals surface area contributed by atoms with Gasteiger partial charge in [0.2, 0.25) is 0 Å². The zero-order valence-corrected chi connectivity index (χ0v) is 4.68. The SMILES string of the molecule is CCC(O)[C](C)O. The van der Waals surface area contributed by atoms with Gasteiger partial charge in [-0.05, 0) is 13.3 Å². The molecule has 1 unspecified atom stereocenters. The lowest BCUT2D eigenvalue weighted by Crippen LogP contribution is -2.12. The molecule has 0 bridgehead atoms. The number of rotatable bonds is 2. The summed E-state index contributed by atoms with van der Waals surface area (Å²) >= 11 is 0. The second-order valence-electron chi connectivity index (χ2n) is 1.57. The highest BCUT2D eigenvalue weighted by Crippen LogP contribution is 2.02. The van der Waals surface area contributed by atoms with E-state index in [1.165, 1.54) is 6.92 Å². The summed E-state index contributed by atoms with van der Waals surface area (Å²) in [5.41, 5.74) is 0. The molecule has 0 amide bonds. The van der Waals surface area contributed by atoms with Crippen molar-refractivity contribution < 1.29 is 10.2 Å². The predicted molar refractivity (Wildman–Crippen MR) is 27.2 cm³/mol. The smallest absolute Gasteiger partial charge is 0.118 e. The lowest BCUT2D eigenvalue weighted by atomic mass is 10.2. The first-order valence-corrected chi connectivity index (χ1v) is 2.39. The number of aliphatic hydroxyl groups excluding tert-OH is 2. The molecule has 2 heteroatoms. The van der Waals surface area contributed by atoms with Crippen LogP contribution in [0.3, 0.4) is 0 Å². The molecule has 7 heavy (non-hydrogen) atoms. The van der Waals surface area contributed by atoms with E-state index in [4.69, 9.17) is 10.2 Å². The molecule has 0 spiro atoms. The molecule has 2 nitrogen and oxygen atoms in total. The lowest BCUT2D eigenvalue weighted by Gasteiger charge is -2.07. The number of hydrogen-bond acceptors (Lipinski definition) is 2. The van der Waals surface area contributed by atoms with E-state index in [0.29, 0.717) is 6.42 Å². The fourth-order valence-corrected chi connectivity index (χ4v) is 0.295. The average Bonchev–Trinajstić information content (AvgIpc) is 1.65. The molecule has 0 aromatic rings. The highest BCUT2D eigenvalue weighted by molar-refractivity contribution is 4.76. The van der Waals surface area contributed by atoms with Gasteiger partial charge in [0.1, 0.15) is 6.10 Å². The molecule has 0 heterocycles. The predicted octanol–water partition coefficient (Wildman–Crippen LogP) is 0.682. The van der Waals surface area contributed by atoms with E-state index in [-0.39, 0.29) is 6.10 Å². The molecule has 0 aliphatic rings. The molecule has 0 aromatic carbocycles. The minimum absolute atomic E-state index is 0.0995. The van der Waals surface area contributed by atoms with Crippen molar-refractivity contribution in [2.24, 2.45) is 0 Å². The summed E-state index contributed by atoms with van der Waals surface area (Å²) in [5.74, 6) is 0. The topological polar surface area (TPSA) is 40.5 Å². The Balaban J connectivity index is 3.14. The van der Waals surface area contributed by atoms with E-state index < -0.39 is 6.10 Å². The summed E-state index contributed by atoms with van der Waals surface area (Å²) in [6.07, 6.45) is 0.0602. The van der Waals surface area contributed by atoms with Gasteiger partial charge in [-0.2, -0.15) is 0 Å². The van der Waals surface area contributed by atoms with Crippen LogP contribution in [0.2, 0.25) is 0 Å². The van der Waals surface area contributed by atoms with Gasteiger partial charge in [0.15, 0.2) is 0 Å². The van der Waals surface area contributed by atoms with Gasteiger partial charge in [0.25, 0.3) is 0 Å². The zero-order chi connectivity index (χ0) is 5.86. The third-order valence-corrected chi connectivity index (χ3v) is 0.869. The fourth-order valence-electron chi connectivity index (χ4n) is 0.295. The lowest BCUT2D eigenvalue weighted by molar-refractivity contribution is 0.101. The Morgan fingerprint density at radius 2 is 2.14 bits per heavy atom. The maximum atomic E-state index is 8.65. The van der Waals surface area contributed by atoms with Crippen molar-refractivity contribution >= 4 is 0 Å². The summed E-state index contributed by atoms with van der Waals surface area (Å²) in [6, 6.07) is 0. The quantitative estimate of drug-likeness (QED) is 0.539. The normalized spacial score (nSPS) is 15.0. The van der Waals surface area contributed by atoms with Crippen LogP contribution in [-0.4, -0.2) is 16.3 Å². The van der Waals surface area contributed by atoms with Gasteiger partial charge in [-0.3, -0.25) is 0 Å². The number of hydrogen-bond donors (Lipinski definition) is 2. The van der Waals surface area contributed by atoms with Crippen LogP contribution in [0.5, 0.6) is 0 Å². The Bertz CT molecular complexity index is 43.3.